The van der Waals surface area contributed by atoms with E-state index >= 15 is 0 Å². The summed E-state index contributed by atoms with van der Waals surface area (Å²) < 4.78 is 4.83. The third-order valence-corrected chi connectivity index (χ3v) is 4.68. The van der Waals surface area contributed by atoms with Crippen LogP contribution < -0.4 is 5.32 Å². The molecule has 0 spiro atoms. The fourth-order valence-electron chi connectivity index (χ4n) is 3.39. The molecule has 1 saturated carbocycles. The van der Waals surface area contributed by atoms with Crippen molar-refractivity contribution in [3.8, 4) is 0 Å². The van der Waals surface area contributed by atoms with Gasteiger partial charge in [0.2, 0.25) is 5.91 Å². The highest BCUT2D eigenvalue weighted by molar-refractivity contribution is 6.45. The van der Waals surface area contributed by atoms with Gasteiger partial charge in [-0.05, 0) is 25.7 Å². The number of hydrogen-bond donors (Lipinski definition) is 1. The summed E-state index contributed by atoms with van der Waals surface area (Å²) in [6, 6.07) is 0.497. The average molecular weight is 348 g/mol. The number of hydrogen-bond acceptors (Lipinski definition) is 6. The highest BCUT2D eigenvalue weighted by atomic mass is 16.5. The molecule has 1 aromatic heterocycles. The minimum absolute atomic E-state index is 0.140. The second-order valence-electron chi connectivity index (χ2n) is 6.55. The minimum atomic E-state index is -0.964. The van der Waals surface area contributed by atoms with Gasteiger partial charge in [0.25, 0.3) is 0 Å². The highest BCUT2D eigenvalue weighted by Crippen LogP contribution is 2.31. The van der Waals surface area contributed by atoms with Gasteiger partial charge in [0.05, 0.1) is 0 Å². The molecular formula is C16H20N4O5. The van der Waals surface area contributed by atoms with Gasteiger partial charge in [0, 0.05) is 12.1 Å². The molecule has 134 valence electrons. The molecule has 9 heteroatoms. The quantitative estimate of drug-likeness (QED) is 0.648. The van der Waals surface area contributed by atoms with E-state index in [0.717, 1.165) is 24.2 Å². The lowest BCUT2D eigenvalue weighted by molar-refractivity contribution is -0.145. The van der Waals surface area contributed by atoms with Crippen molar-refractivity contribution in [2.24, 2.45) is 5.92 Å². The third kappa shape index (κ3) is 3.26. The second-order valence-corrected chi connectivity index (χ2v) is 6.55. The van der Waals surface area contributed by atoms with E-state index in [0.29, 0.717) is 17.1 Å². The lowest BCUT2D eigenvalue weighted by Crippen LogP contribution is -2.46. The number of carbonyl (C=O) groups excluding carboxylic acids is 4. The molecule has 0 aromatic carbocycles. The van der Waals surface area contributed by atoms with Crippen molar-refractivity contribution < 1.29 is 23.7 Å². The number of rotatable bonds is 4. The maximum atomic E-state index is 12.6. The van der Waals surface area contributed by atoms with Crippen LogP contribution in [0.5, 0.6) is 0 Å². The molecule has 1 aliphatic carbocycles. The first kappa shape index (κ1) is 17.1. The molecule has 0 radical (unpaired) electrons. The van der Waals surface area contributed by atoms with Crippen LogP contribution in [0.25, 0.3) is 0 Å². The van der Waals surface area contributed by atoms with Crippen LogP contribution in [0.15, 0.2) is 10.6 Å². The molecule has 2 aliphatic rings. The van der Waals surface area contributed by atoms with Crippen molar-refractivity contribution in [3.05, 3.63) is 11.8 Å². The van der Waals surface area contributed by atoms with Crippen LogP contribution in [0.3, 0.4) is 0 Å². The predicted molar refractivity (Wildman–Crippen MR) is 85.2 cm³/mol. The molecule has 2 fully saturated rings. The van der Waals surface area contributed by atoms with E-state index < -0.39 is 30.3 Å². The Kier molecular flexibility index (Phi) is 4.56. The maximum absolute atomic E-state index is 12.6. The first-order chi connectivity index (χ1) is 11.9. The van der Waals surface area contributed by atoms with Gasteiger partial charge in [-0.1, -0.05) is 24.9 Å². The molecular weight excluding hydrogens is 328 g/mol. The second kappa shape index (κ2) is 6.66. The van der Waals surface area contributed by atoms with Crippen molar-refractivity contribution in [1.29, 1.82) is 0 Å². The molecule has 0 bridgehead atoms. The SMILES string of the molecule is Cc1cc(NC(=O)CN2C(=O)C(=O)N([C@H]3CCCC[C@H]3C)C2=O)no1. The summed E-state index contributed by atoms with van der Waals surface area (Å²) in [6.45, 7) is 3.10. The summed E-state index contributed by atoms with van der Waals surface area (Å²) in [5.74, 6) is -1.60. The Morgan fingerprint density at radius 2 is 2.00 bits per heavy atom. The van der Waals surface area contributed by atoms with Crippen molar-refractivity contribution in [3.63, 3.8) is 0 Å². The van der Waals surface area contributed by atoms with Gasteiger partial charge in [0.15, 0.2) is 5.82 Å². The van der Waals surface area contributed by atoms with Gasteiger partial charge in [-0.15, -0.1) is 0 Å². The fourth-order valence-corrected chi connectivity index (χ4v) is 3.39. The van der Waals surface area contributed by atoms with Crippen LogP contribution >= 0.6 is 0 Å². The number of carbonyl (C=O) groups is 4. The topological polar surface area (TPSA) is 113 Å². The van der Waals surface area contributed by atoms with E-state index in [1.807, 2.05) is 6.92 Å². The number of amides is 5. The number of aryl methyl sites for hydroxylation is 1. The standard InChI is InChI=1S/C16H20N4O5/c1-9-5-3-4-6-11(9)20-15(23)14(22)19(16(20)24)8-13(21)17-12-7-10(2)25-18-12/h7,9,11H,3-6,8H2,1-2H3,(H,17,18,21)/t9-,11+/m1/s1. The van der Waals surface area contributed by atoms with E-state index in [1.165, 1.54) is 6.07 Å². The van der Waals surface area contributed by atoms with Crippen molar-refractivity contribution in [2.75, 3.05) is 11.9 Å². The zero-order chi connectivity index (χ0) is 18.1. The van der Waals surface area contributed by atoms with Gasteiger partial charge in [-0.2, -0.15) is 0 Å². The van der Waals surface area contributed by atoms with E-state index in [2.05, 4.69) is 10.5 Å². The lowest BCUT2D eigenvalue weighted by atomic mass is 9.85. The first-order valence-electron chi connectivity index (χ1n) is 8.30. The third-order valence-electron chi connectivity index (χ3n) is 4.68. The molecule has 1 saturated heterocycles. The molecule has 1 aromatic rings. The van der Waals surface area contributed by atoms with Crippen LogP contribution in [0.2, 0.25) is 0 Å². The zero-order valence-electron chi connectivity index (χ0n) is 14.2. The van der Waals surface area contributed by atoms with E-state index in [1.54, 1.807) is 6.92 Å². The molecule has 3 rings (SSSR count). The van der Waals surface area contributed by atoms with Crippen molar-refractivity contribution in [1.82, 2.24) is 15.0 Å². The van der Waals surface area contributed by atoms with Crippen molar-refractivity contribution >= 4 is 29.6 Å². The van der Waals surface area contributed by atoms with Gasteiger partial charge in [0.1, 0.15) is 12.3 Å². The van der Waals surface area contributed by atoms with Crippen LogP contribution in [0.1, 0.15) is 38.4 Å². The van der Waals surface area contributed by atoms with E-state index in [4.69, 9.17) is 4.52 Å². The predicted octanol–water partition coefficient (Wildman–Crippen LogP) is 1.29. The van der Waals surface area contributed by atoms with Crippen LogP contribution in [0, 0.1) is 12.8 Å². The number of nitrogens with zero attached hydrogens (tertiary/aromatic N) is 3. The van der Waals surface area contributed by atoms with Crippen LogP contribution in [0.4, 0.5) is 10.6 Å². The maximum Gasteiger partial charge on any atom is 0.334 e. The Bertz CT molecular complexity index is 728. The number of aromatic nitrogens is 1. The van der Waals surface area contributed by atoms with Crippen molar-refractivity contribution in [2.45, 2.75) is 45.6 Å². The Balaban J connectivity index is 1.69. The summed E-state index contributed by atoms with van der Waals surface area (Å²) in [6.07, 6.45) is 3.55. The largest absolute Gasteiger partial charge is 0.360 e. The summed E-state index contributed by atoms with van der Waals surface area (Å²) in [5, 5.41) is 6.04. The Morgan fingerprint density at radius 3 is 2.64 bits per heavy atom. The summed E-state index contributed by atoms with van der Waals surface area (Å²) in [7, 11) is 0. The molecule has 25 heavy (non-hydrogen) atoms. The highest BCUT2D eigenvalue weighted by Gasteiger charge is 2.49. The van der Waals surface area contributed by atoms with Gasteiger partial charge >= 0.3 is 17.8 Å². The Morgan fingerprint density at radius 1 is 1.28 bits per heavy atom. The molecule has 1 N–H and O–H groups in total. The normalized spacial score (nSPS) is 24.2. The average Bonchev–Trinajstić information content (AvgIpc) is 3.06. The van der Waals surface area contributed by atoms with Gasteiger partial charge < -0.3 is 9.84 Å². The summed E-state index contributed by atoms with van der Waals surface area (Å²) >= 11 is 0. The number of anilines is 1. The first-order valence-corrected chi connectivity index (χ1v) is 8.30. The Labute approximate surface area is 144 Å². The van der Waals surface area contributed by atoms with Gasteiger partial charge in [-0.25, -0.2) is 9.69 Å². The molecule has 5 amide bonds. The molecule has 2 atom stereocenters. The summed E-state index contributed by atoms with van der Waals surface area (Å²) in [4.78, 5) is 50.8. The van der Waals surface area contributed by atoms with E-state index in [-0.39, 0.29) is 17.8 Å². The number of urea groups is 1. The fraction of sp³-hybridized carbons (Fsp3) is 0.562. The molecule has 9 nitrogen and oxygen atoms in total. The zero-order valence-corrected chi connectivity index (χ0v) is 14.2. The van der Waals surface area contributed by atoms with Gasteiger partial charge in [-0.3, -0.25) is 19.3 Å². The molecule has 1 aliphatic heterocycles. The summed E-state index contributed by atoms with van der Waals surface area (Å²) in [5.41, 5.74) is 0. The molecule has 0 unspecified atom stereocenters. The number of nitrogens with one attached hydrogen (secondary N) is 1. The monoisotopic (exact) mass is 348 g/mol. The van der Waals surface area contributed by atoms with Crippen LogP contribution in [-0.2, 0) is 14.4 Å². The van der Waals surface area contributed by atoms with Crippen LogP contribution in [-0.4, -0.2) is 51.3 Å². The smallest absolute Gasteiger partial charge is 0.334 e. The van der Waals surface area contributed by atoms with E-state index in [9.17, 15) is 19.2 Å². The Hall–Kier alpha value is -2.71. The number of imide groups is 2. The molecule has 2 heterocycles. The lowest BCUT2D eigenvalue weighted by Gasteiger charge is -2.34. The minimum Gasteiger partial charge on any atom is -0.360 e.